The fourth-order valence-corrected chi connectivity index (χ4v) is 4.67. The molecule has 19 heavy (non-hydrogen) atoms. The molecular formula is C14H16Br2N2O. The standard InChI is InChI=1S/C14H16Br2N2O/c15-9-3-8(4-10(16)5-9)14(19)18-12-1-2-13(18)7-11(17)6-12/h3-5,11-13H,1-2,6-7,17H2. The van der Waals surface area contributed by atoms with E-state index in [1.54, 1.807) is 0 Å². The number of halogens is 2. The molecular weight excluding hydrogens is 372 g/mol. The van der Waals surface area contributed by atoms with Crippen LogP contribution in [0.5, 0.6) is 0 Å². The quantitative estimate of drug-likeness (QED) is 0.803. The molecule has 2 unspecified atom stereocenters. The predicted molar refractivity (Wildman–Crippen MR) is 82.0 cm³/mol. The predicted octanol–water partition coefficient (Wildman–Crippen LogP) is 3.31. The number of carbonyl (C=O) groups is 1. The molecule has 0 saturated carbocycles. The highest BCUT2D eigenvalue weighted by molar-refractivity contribution is 9.11. The van der Waals surface area contributed by atoms with Crippen LogP contribution in [0.3, 0.4) is 0 Å². The molecule has 102 valence electrons. The molecule has 2 heterocycles. The largest absolute Gasteiger partial charge is 0.333 e. The van der Waals surface area contributed by atoms with E-state index in [0.29, 0.717) is 12.1 Å². The van der Waals surface area contributed by atoms with E-state index >= 15 is 0 Å². The lowest BCUT2D eigenvalue weighted by Crippen LogP contribution is -2.50. The zero-order chi connectivity index (χ0) is 13.6. The van der Waals surface area contributed by atoms with Crippen LogP contribution in [0.4, 0.5) is 0 Å². The van der Waals surface area contributed by atoms with Crippen molar-refractivity contribution >= 4 is 37.8 Å². The molecule has 0 aromatic heterocycles. The Balaban J connectivity index is 1.88. The molecule has 1 amide bonds. The summed E-state index contributed by atoms with van der Waals surface area (Å²) in [6.45, 7) is 0. The zero-order valence-electron chi connectivity index (χ0n) is 10.5. The van der Waals surface area contributed by atoms with Crippen LogP contribution in [0.1, 0.15) is 36.0 Å². The van der Waals surface area contributed by atoms with Gasteiger partial charge in [0.05, 0.1) is 0 Å². The molecule has 0 spiro atoms. The van der Waals surface area contributed by atoms with Gasteiger partial charge in [-0.05, 0) is 43.9 Å². The molecule has 2 atom stereocenters. The van der Waals surface area contributed by atoms with Gasteiger partial charge in [0.15, 0.2) is 0 Å². The number of rotatable bonds is 1. The molecule has 2 aliphatic heterocycles. The minimum absolute atomic E-state index is 0.140. The number of benzene rings is 1. The van der Waals surface area contributed by atoms with Crippen molar-refractivity contribution < 1.29 is 4.79 Å². The second-order valence-electron chi connectivity index (χ2n) is 5.49. The molecule has 0 radical (unpaired) electrons. The van der Waals surface area contributed by atoms with Crippen LogP contribution in [0, 0.1) is 0 Å². The van der Waals surface area contributed by atoms with Crippen LogP contribution in [-0.4, -0.2) is 28.9 Å². The Morgan fingerprint density at radius 3 is 2.16 bits per heavy atom. The van der Waals surface area contributed by atoms with E-state index in [2.05, 4.69) is 36.8 Å². The van der Waals surface area contributed by atoms with Crippen molar-refractivity contribution in [3.05, 3.63) is 32.7 Å². The summed E-state index contributed by atoms with van der Waals surface area (Å²) in [5.41, 5.74) is 6.80. The van der Waals surface area contributed by atoms with Crippen molar-refractivity contribution in [2.75, 3.05) is 0 Å². The number of amides is 1. The summed E-state index contributed by atoms with van der Waals surface area (Å²) in [5, 5.41) is 0. The Morgan fingerprint density at radius 2 is 1.63 bits per heavy atom. The summed E-state index contributed by atoms with van der Waals surface area (Å²) in [6, 6.07) is 6.65. The number of hydrogen-bond donors (Lipinski definition) is 1. The summed E-state index contributed by atoms with van der Waals surface area (Å²) in [6.07, 6.45) is 4.08. The molecule has 2 saturated heterocycles. The minimum atomic E-state index is 0.140. The van der Waals surface area contributed by atoms with Crippen LogP contribution in [0.25, 0.3) is 0 Å². The molecule has 3 rings (SSSR count). The third kappa shape index (κ3) is 2.60. The first-order valence-electron chi connectivity index (χ1n) is 6.59. The van der Waals surface area contributed by atoms with Gasteiger partial charge in [-0.25, -0.2) is 0 Å². The normalized spacial score (nSPS) is 29.6. The van der Waals surface area contributed by atoms with Gasteiger partial charge >= 0.3 is 0 Å². The maximum absolute atomic E-state index is 12.7. The van der Waals surface area contributed by atoms with Crippen molar-refractivity contribution in [1.29, 1.82) is 0 Å². The van der Waals surface area contributed by atoms with E-state index in [9.17, 15) is 4.79 Å². The Morgan fingerprint density at radius 1 is 1.11 bits per heavy atom. The SMILES string of the molecule is NC1CC2CCC(C1)N2C(=O)c1cc(Br)cc(Br)c1. The van der Waals surface area contributed by atoms with E-state index in [4.69, 9.17) is 5.73 Å². The number of nitrogens with zero attached hydrogens (tertiary/aromatic N) is 1. The Bertz CT molecular complexity index is 486. The van der Waals surface area contributed by atoms with Gasteiger partial charge in [-0.2, -0.15) is 0 Å². The van der Waals surface area contributed by atoms with Gasteiger partial charge in [0, 0.05) is 32.6 Å². The summed E-state index contributed by atoms with van der Waals surface area (Å²) < 4.78 is 1.84. The van der Waals surface area contributed by atoms with Crippen LogP contribution in [0.2, 0.25) is 0 Å². The van der Waals surface area contributed by atoms with Gasteiger partial charge in [0.25, 0.3) is 5.91 Å². The molecule has 2 bridgehead atoms. The highest BCUT2D eigenvalue weighted by atomic mass is 79.9. The summed E-state index contributed by atoms with van der Waals surface area (Å²) in [7, 11) is 0. The molecule has 1 aromatic carbocycles. The molecule has 0 aliphatic carbocycles. The summed E-state index contributed by atoms with van der Waals surface area (Å²) in [5.74, 6) is 0.140. The van der Waals surface area contributed by atoms with Gasteiger partial charge in [0.1, 0.15) is 0 Å². The van der Waals surface area contributed by atoms with Crippen LogP contribution >= 0.6 is 31.9 Å². The highest BCUT2D eigenvalue weighted by Crippen LogP contribution is 2.36. The molecule has 2 aliphatic rings. The smallest absolute Gasteiger partial charge is 0.254 e. The topological polar surface area (TPSA) is 46.3 Å². The Labute approximate surface area is 129 Å². The monoisotopic (exact) mass is 386 g/mol. The van der Waals surface area contributed by atoms with Gasteiger partial charge < -0.3 is 10.6 Å². The summed E-state index contributed by atoms with van der Waals surface area (Å²) >= 11 is 6.88. The van der Waals surface area contributed by atoms with Crippen LogP contribution < -0.4 is 5.73 Å². The number of fused-ring (bicyclic) bond motifs is 2. The fourth-order valence-electron chi connectivity index (χ4n) is 3.38. The first kappa shape index (κ1) is 13.6. The lowest BCUT2D eigenvalue weighted by atomic mass is 9.97. The van der Waals surface area contributed by atoms with Crippen molar-refractivity contribution in [3.63, 3.8) is 0 Å². The van der Waals surface area contributed by atoms with Crippen LogP contribution in [0.15, 0.2) is 27.1 Å². The molecule has 2 fully saturated rings. The lowest BCUT2D eigenvalue weighted by molar-refractivity contribution is 0.0575. The third-order valence-electron chi connectivity index (χ3n) is 4.11. The zero-order valence-corrected chi connectivity index (χ0v) is 13.7. The molecule has 3 nitrogen and oxygen atoms in total. The number of nitrogens with two attached hydrogens (primary N) is 1. The number of hydrogen-bond acceptors (Lipinski definition) is 2. The van der Waals surface area contributed by atoms with Crippen LogP contribution in [-0.2, 0) is 0 Å². The molecule has 2 N–H and O–H groups in total. The first-order chi connectivity index (χ1) is 9.04. The third-order valence-corrected chi connectivity index (χ3v) is 5.03. The number of piperidine rings is 1. The second-order valence-corrected chi connectivity index (χ2v) is 7.32. The second kappa shape index (κ2) is 5.19. The Hall–Kier alpha value is -0.390. The lowest BCUT2D eigenvalue weighted by Gasteiger charge is -2.37. The maximum atomic E-state index is 12.7. The van der Waals surface area contributed by atoms with Crippen molar-refractivity contribution in [3.8, 4) is 0 Å². The van der Waals surface area contributed by atoms with Crippen molar-refractivity contribution in [2.45, 2.75) is 43.8 Å². The van der Waals surface area contributed by atoms with Crippen molar-refractivity contribution in [2.24, 2.45) is 5.73 Å². The van der Waals surface area contributed by atoms with E-state index in [-0.39, 0.29) is 11.9 Å². The summed E-state index contributed by atoms with van der Waals surface area (Å²) in [4.78, 5) is 14.8. The molecule has 1 aromatic rings. The average molecular weight is 388 g/mol. The van der Waals surface area contributed by atoms with E-state index in [0.717, 1.165) is 40.2 Å². The van der Waals surface area contributed by atoms with Gasteiger partial charge in [0.2, 0.25) is 0 Å². The van der Waals surface area contributed by atoms with E-state index < -0.39 is 0 Å². The highest BCUT2D eigenvalue weighted by Gasteiger charge is 2.42. The van der Waals surface area contributed by atoms with Gasteiger partial charge in [-0.15, -0.1) is 0 Å². The van der Waals surface area contributed by atoms with E-state index in [1.807, 2.05) is 18.2 Å². The molecule has 5 heteroatoms. The van der Waals surface area contributed by atoms with E-state index in [1.165, 1.54) is 0 Å². The minimum Gasteiger partial charge on any atom is -0.333 e. The Kier molecular flexibility index (Phi) is 3.71. The average Bonchev–Trinajstić information content (AvgIpc) is 2.59. The van der Waals surface area contributed by atoms with Crippen molar-refractivity contribution in [1.82, 2.24) is 4.90 Å². The van der Waals surface area contributed by atoms with Gasteiger partial charge in [-0.3, -0.25) is 4.79 Å². The van der Waals surface area contributed by atoms with Gasteiger partial charge in [-0.1, -0.05) is 31.9 Å². The number of carbonyl (C=O) groups excluding carboxylic acids is 1. The fraction of sp³-hybridized carbons (Fsp3) is 0.500. The maximum Gasteiger partial charge on any atom is 0.254 e. The first-order valence-corrected chi connectivity index (χ1v) is 8.17.